The van der Waals surface area contributed by atoms with Crippen molar-refractivity contribution < 1.29 is 85.8 Å². The first kappa shape index (κ1) is 77.9. The topological polar surface area (TPSA) is 309 Å². The maximum Gasteiger partial charge on any atom is 0.303 e. The molecule has 10 rings (SSSR count). The van der Waals surface area contributed by atoms with Gasteiger partial charge in [0.25, 0.3) is 11.8 Å². The second kappa shape index (κ2) is 31.6. The molecule has 4 saturated carbocycles. The summed E-state index contributed by atoms with van der Waals surface area (Å²) in [7, 11) is 0. The van der Waals surface area contributed by atoms with Crippen molar-refractivity contribution >= 4 is 105 Å². The molecule has 7 aliphatic rings. The van der Waals surface area contributed by atoms with Crippen molar-refractivity contribution in [1.29, 1.82) is 0 Å². The number of ether oxygens (including phenoxy) is 9. The van der Waals surface area contributed by atoms with E-state index in [1.807, 2.05) is 104 Å². The first-order valence-corrected chi connectivity index (χ1v) is 36.4. The Bertz CT molecular complexity index is 3790. The molecule has 103 heavy (non-hydrogen) atoms. The van der Waals surface area contributed by atoms with E-state index in [-0.39, 0.29) is 63.8 Å². The highest BCUT2D eigenvalue weighted by atomic mass is 32.1. The molecule has 2 saturated heterocycles. The number of carbonyl (C=O) groups excluding carboxylic acids is 9. The van der Waals surface area contributed by atoms with E-state index in [4.69, 9.17) is 79.3 Å². The number of thiocarbonyl (C=S) groups is 3. The Hall–Kier alpha value is -7.66. The molecule has 2 aliphatic heterocycles. The van der Waals surface area contributed by atoms with Gasteiger partial charge in [0.2, 0.25) is 5.91 Å². The zero-order valence-corrected chi connectivity index (χ0v) is 62.8. The fraction of sp³-hybridized carbons (Fsp3) is 0.579. The summed E-state index contributed by atoms with van der Waals surface area (Å²) in [6.45, 7) is 21.3. The van der Waals surface area contributed by atoms with Crippen LogP contribution in [0.1, 0.15) is 158 Å². The molecule has 3 aromatic rings. The summed E-state index contributed by atoms with van der Waals surface area (Å²) >= 11 is 16.9. The number of esters is 5. The van der Waals surface area contributed by atoms with E-state index in [1.165, 1.54) is 0 Å². The lowest BCUT2D eigenvalue weighted by molar-refractivity contribution is -0.370. The number of hydrogen-bond donors (Lipinski definition) is 6. The minimum atomic E-state index is -2.10. The third kappa shape index (κ3) is 16.7. The third-order valence-electron chi connectivity index (χ3n) is 23.3. The van der Waals surface area contributed by atoms with Crippen LogP contribution < -0.4 is 31.9 Å². The van der Waals surface area contributed by atoms with Gasteiger partial charge in [-0.1, -0.05) is 145 Å². The van der Waals surface area contributed by atoms with Crippen LogP contribution in [0.15, 0.2) is 103 Å². The van der Waals surface area contributed by atoms with Gasteiger partial charge in [0.05, 0.1) is 6.10 Å². The highest BCUT2D eigenvalue weighted by Gasteiger charge is 2.71. The predicted octanol–water partition coefficient (Wildman–Crippen LogP) is 8.42. The predicted molar refractivity (Wildman–Crippen MR) is 386 cm³/mol. The minimum absolute atomic E-state index is 0.0366. The Morgan fingerprint density at radius 3 is 1.37 bits per heavy atom. The molecule has 6 fully saturated rings. The van der Waals surface area contributed by atoms with E-state index in [2.05, 4.69) is 73.4 Å². The zero-order chi connectivity index (χ0) is 74.7. The largest absolute Gasteiger partial charge is 0.455 e. The van der Waals surface area contributed by atoms with Crippen LogP contribution in [0.3, 0.4) is 0 Å². The van der Waals surface area contributed by atoms with E-state index in [9.17, 15) is 33.6 Å². The maximum absolute atomic E-state index is 15.8. The lowest BCUT2D eigenvalue weighted by Gasteiger charge is -2.70. The number of rotatable bonds is 18. The molecule has 6 N–H and O–H groups in total. The first-order chi connectivity index (χ1) is 48.6. The molecule has 0 bridgehead atoms. The van der Waals surface area contributed by atoms with Gasteiger partial charge < -0.3 is 74.5 Å². The molecule has 0 spiro atoms. The van der Waals surface area contributed by atoms with Gasteiger partial charge in [-0.15, -0.1) is 0 Å². The molecular weight excluding hydrogens is 1380 g/mol. The average molecular weight is 1480 g/mol. The lowest BCUT2D eigenvalue weighted by Crippen LogP contribution is -2.70. The van der Waals surface area contributed by atoms with Crippen molar-refractivity contribution in [2.45, 2.75) is 228 Å². The Kier molecular flexibility index (Phi) is 23.9. The van der Waals surface area contributed by atoms with E-state index in [0.717, 1.165) is 76.1 Å². The number of fused-ring (bicyclic) bond motifs is 7. The van der Waals surface area contributed by atoms with Crippen molar-refractivity contribution in [3.63, 3.8) is 0 Å². The fourth-order valence-electron chi connectivity index (χ4n) is 18.0. The van der Waals surface area contributed by atoms with Gasteiger partial charge in [-0.2, -0.15) is 0 Å². The second-order valence-electron chi connectivity index (χ2n) is 30.5. The van der Waals surface area contributed by atoms with Gasteiger partial charge >= 0.3 is 29.8 Å². The van der Waals surface area contributed by atoms with E-state index in [0.29, 0.717) is 38.6 Å². The molecule has 556 valence electrons. The van der Waals surface area contributed by atoms with Crippen LogP contribution in [0.2, 0.25) is 0 Å². The standard InChI is InChI=1S/C76H96N6O18S3/c1-41(83)92-54-56(94-43(3)85)60(96-45(5)87)66(99-59(54)64(90)81-69(102)78-39-47-24-18-14-19-25-47)100-61-57(95-44(4)86)55(93-42(2)84)58(63(89)80-68(101)77-38-46-22-16-13-17-23-46)98-65(61)97-53-29-30-74(10)52(71(53,6)7)28-31-76(12)62(74)51(88)36-49-50-37-73(9,33-32-72(50,8)34-35-75(49,76)11)67(91)82-70(103)79-40-48-26-20-15-21-27-48/h13-27,36,50,52-62,65-66H,28-35,37-40H2,1-12H3,(H2,77,80,89,101)(H2,78,81,90,102)(H2,79,82,91,103)/t50-,52-,53-,54-,55-,56-,57-,58-,59-,60+,61+,62+,65-,66+,72+,73-,74-,75+,76+/m0/s1. The SMILES string of the molecule is CC(=O)O[C@@H]1[C@@H](OC(C)=O)[C@@H](O[C@H]2[C@@H](O[C@H]3CC[C@]4(C)[C@H]5C(=O)C=C6[C@@H]7C[C@@](C)(C(=O)NC(=S)NCc8ccccc8)CC[C@]7(C)CC[C@@]6(C)[C@]5(C)CC[C@H]4C3(C)C)O[C@H](C(=O)NC(=S)NCc3ccccc3)[C@@H](OC(C)=O)[C@@H]2OC(C)=O)O[C@H](C(=O)NC(=S)NCc2ccccc2)[C@H]1OC(C)=O. The molecule has 24 nitrogen and oxygen atoms in total. The summed E-state index contributed by atoms with van der Waals surface area (Å²) in [5.41, 5.74) is 0.321. The lowest BCUT2D eigenvalue weighted by atomic mass is 9.33. The number of allylic oxidation sites excluding steroid dienone is 2. The zero-order valence-electron chi connectivity index (χ0n) is 60.4. The monoisotopic (exact) mass is 1480 g/mol. The molecule has 27 heteroatoms. The second-order valence-corrected chi connectivity index (χ2v) is 31.7. The first-order valence-electron chi connectivity index (χ1n) is 35.2. The number of benzene rings is 3. The van der Waals surface area contributed by atoms with Crippen molar-refractivity contribution in [1.82, 2.24) is 31.9 Å². The molecule has 3 aromatic carbocycles. The van der Waals surface area contributed by atoms with Crippen LogP contribution in [-0.4, -0.2) is 136 Å². The molecule has 5 aliphatic carbocycles. The van der Waals surface area contributed by atoms with Crippen LogP contribution in [0.4, 0.5) is 0 Å². The Labute approximate surface area is 617 Å². The number of amides is 3. The summed E-state index contributed by atoms with van der Waals surface area (Å²) < 4.78 is 56.9. The van der Waals surface area contributed by atoms with Crippen LogP contribution in [-0.2, 0) is 105 Å². The number of nitrogens with one attached hydrogen (secondary N) is 6. The quantitative estimate of drug-likeness (QED) is 0.0301. The summed E-state index contributed by atoms with van der Waals surface area (Å²) in [6, 6.07) is 28.1. The van der Waals surface area contributed by atoms with Gasteiger partial charge in [0, 0.05) is 65.6 Å². The molecule has 0 aromatic heterocycles. The van der Waals surface area contributed by atoms with Gasteiger partial charge in [-0.05, 0) is 156 Å². The Balaban J connectivity index is 0.990. The number of hydrogen-bond acceptors (Lipinski definition) is 21. The fourth-order valence-corrected chi connectivity index (χ4v) is 18.5. The van der Waals surface area contributed by atoms with Crippen LogP contribution in [0.5, 0.6) is 0 Å². The number of ketones is 1. The summed E-state index contributed by atoms with van der Waals surface area (Å²) in [5.74, 6) is -7.79. The van der Waals surface area contributed by atoms with Gasteiger partial charge in [-0.3, -0.25) is 43.2 Å². The summed E-state index contributed by atoms with van der Waals surface area (Å²) in [4.78, 5) is 127. The van der Waals surface area contributed by atoms with Gasteiger partial charge in [-0.25, -0.2) is 0 Å². The Morgan fingerprint density at radius 2 is 0.903 bits per heavy atom. The van der Waals surface area contributed by atoms with Crippen LogP contribution in [0, 0.1) is 50.2 Å². The molecule has 0 radical (unpaired) electrons. The summed E-state index contributed by atoms with van der Waals surface area (Å²) in [5, 5.41) is 17.2. The van der Waals surface area contributed by atoms with E-state index in [1.54, 1.807) is 0 Å². The van der Waals surface area contributed by atoms with Crippen LogP contribution >= 0.6 is 36.7 Å². The van der Waals surface area contributed by atoms with E-state index < -0.39 is 142 Å². The summed E-state index contributed by atoms with van der Waals surface area (Å²) in [6.07, 6.45) is -12.4. The molecule has 2 heterocycles. The smallest absolute Gasteiger partial charge is 0.303 e. The average Bonchev–Trinajstić information content (AvgIpc) is 0.672. The van der Waals surface area contributed by atoms with Crippen molar-refractivity contribution in [3.05, 3.63) is 119 Å². The van der Waals surface area contributed by atoms with E-state index >= 15 is 9.59 Å². The van der Waals surface area contributed by atoms with Gasteiger partial charge in [0.1, 0.15) is 0 Å². The normalized spacial score (nSPS) is 34.0. The highest BCUT2D eigenvalue weighted by Crippen LogP contribution is 2.75. The van der Waals surface area contributed by atoms with Crippen molar-refractivity contribution in [3.8, 4) is 0 Å². The van der Waals surface area contributed by atoms with Crippen molar-refractivity contribution in [2.75, 3.05) is 0 Å². The Morgan fingerprint density at radius 1 is 0.485 bits per heavy atom. The maximum atomic E-state index is 15.8. The van der Waals surface area contributed by atoms with Gasteiger partial charge in [0.15, 0.2) is 82.5 Å². The van der Waals surface area contributed by atoms with Crippen molar-refractivity contribution in [2.24, 2.45) is 50.2 Å². The molecule has 0 unspecified atom stereocenters. The molecule has 19 atom stereocenters. The minimum Gasteiger partial charge on any atom is -0.455 e. The molecular formula is C76H96N6O18S3. The third-order valence-corrected chi connectivity index (χ3v) is 24.0. The highest BCUT2D eigenvalue weighted by molar-refractivity contribution is 7.80. The van der Waals surface area contributed by atoms with Crippen LogP contribution in [0.25, 0.3) is 0 Å². The number of carbonyl (C=O) groups is 9. The molecule has 3 amide bonds.